The molecule has 23 heavy (non-hydrogen) atoms. The van der Waals surface area contributed by atoms with Gasteiger partial charge in [0.1, 0.15) is 0 Å². The molecule has 0 bridgehead atoms. The molecule has 130 valence electrons. The van der Waals surface area contributed by atoms with Crippen LogP contribution in [0.3, 0.4) is 0 Å². The topological polar surface area (TPSA) is 23.5 Å². The van der Waals surface area contributed by atoms with Crippen molar-refractivity contribution in [1.29, 1.82) is 0 Å². The predicted molar refractivity (Wildman–Crippen MR) is 85.2 cm³/mol. The van der Waals surface area contributed by atoms with Gasteiger partial charge in [-0.1, -0.05) is 30.3 Å². The van der Waals surface area contributed by atoms with E-state index in [2.05, 4.69) is 12.1 Å². The molecule has 1 N–H and O–H groups in total. The Morgan fingerprint density at radius 2 is 1.78 bits per heavy atom. The first-order valence-electron chi connectivity index (χ1n) is 8.29. The lowest BCUT2D eigenvalue weighted by atomic mass is 9.74. The van der Waals surface area contributed by atoms with Crippen LogP contribution in [0.5, 0.6) is 0 Å². The van der Waals surface area contributed by atoms with Gasteiger partial charge in [0.05, 0.1) is 6.42 Å². The Balaban J connectivity index is 1.86. The molecule has 5 heteroatoms. The Morgan fingerprint density at radius 3 is 2.30 bits per heavy atom. The molecule has 2 nitrogen and oxygen atoms in total. The van der Waals surface area contributed by atoms with Gasteiger partial charge >= 0.3 is 6.18 Å². The first kappa shape index (κ1) is 18.3. The maximum absolute atomic E-state index is 12.5. The van der Waals surface area contributed by atoms with Crippen molar-refractivity contribution in [3.05, 3.63) is 35.9 Å². The number of halogens is 3. The zero-order chi connectivity index (χ0) is 16.9. The molecule has 0 radical (unpaired) electrons. The quantitative estimate of drug-likeness (QED) is 0.851. The zero-order valence-corrected chi connectivity index (χ0v) is 13.6. The number of hydrogen-bond acceptors (Lipinski definition) is 2. The molecular formula is C18H26F3NO. The number of hydrogen-bond donors (Lipinski definition) is 1. The molecule has 1 heterocycles. The Bertz CT molecular complexity index is 467. The van der Waals surface area contributed by atoms with Crippen molar-refractivity contribution in [2.45, 2.75) is 51.2 Å². The van der Waals surface area contributed by atoms with Gasteiger partial charge in [0.25, 0.3) is 0 Å². The van der Waals surface area contributed by atoms with Gasteiger partial charge in [-0.05, 0) is 56.7 Å². The Labute approximate surface area is 136 Å². The Hall–Kier alpha value is -1.07. The summed E-state index contributed by atoms with van der Waals surface area (Å²) in [4.78, 5) is 1.91. The van der Waals surface area contributed by atoms with E-state index in [0.29, 0.717) is 13.1 Å². The number of aliphatic hydroxyl groups is 1. The molecule has 0 amide bonds. The van der Waals surface area contributed by atoms with Crippen LogP contribution in [0.2, 0.25) is 0 Å². The van der Waals surface area contributed by atoms with Gasteiger partial charge < -0.3 is 10.0 Å². The van der Waals surface area contributed by atoms with Crippen molar-refractivity contribution in [2.75, 3.05) is 19.7 Å². The van der Waals surface area contributed by atoms with Crippen LogP contribution in [0, 0.1) is 5.41 Å². The highest BCUT2D eigenvalue weighted by Crippen LogP contribution is 2.37. The number of alkyl halides is 3. The van der Waals surface area contributed by atoms with Crippen LogP contribution in [-0.4, -0.2) is 41.9 Å². The van der Waals surface area contributed by atoms with Crippen molar-refractivity contribution in [3.63, 3.8) is 0 Å². The molecule has 0 saturated carbocycles. The number of benzene rings is 1. The van der Waals surface area contributed by atoms with Gasteiger partial charge in [-0.2, -0.15) is 13.2 Å². The molecule has 1 unspecified atom stereocenters. The van der Waals surface area contributed by atoms with E-state index >= 15 is 0 Å². The summed E-state index contributed by atoms with van der Waals surface area (Å²) in [5.41, 5.74) is 1.10. The fourth-order valence-corrected chi connectivity index (χ4v) is 3.44. The van der Waals surface area contributed by atoms with E-state index in [1.54, 1.807) is 6.92 Å². The second kappa shape index (κ2) is 7.67. The van der Waals surface area contributed by atoms with E-state index in [0.717, 1.165) is 25.7 Å². The summed E-state index contributed by atoms with van der Waals surface area (Å²) >= 11 is 0. The maximum atomic E-state index is 12.5. The lowest BCUT2D eigenvalue weighted by molar-refractivity contribution is -0.148. The van der Waals surface area contributed by atoms with E-state index in [1.165, 1.54) is 5.56 Å². The molecule has 0 aliphatic carbocycles. The summed E-state index contributed by atoms with van der Waals surface area (Å²) in [6.45, 7) is 3.02. The molecule has 1 aliphatic rings. The van der Waals surface area contributed by atoms with Crippen molar-refractivity contribution in [1.82, 2.24) is 4.90 Å². The summed E-state index contributed by atoms with van der Waals surface area (Å²) < 4.78 is 37.6. The Kier molecular flexibility index (Phi) is 6.09. The fourth-order valence-electron chi connectivity index (χ4n) is 3.44. The molecule has 0 spiro atoms. The van der Waals surface area contributed by atoms with Crippen LogP contribution in [0.4, 0.5) is 13.2 Å². The third-order valence-electron chi connectivity index (χ3n) is 5.13. The third-order valence-corrected chi connectivity index (χ3v) is 5.13. The normalized spacial score (nSPS) is 20.4. The monoisotopic (exact) mass is 329 g/mol. The SMILES string of the molecule is CC(CC(F)(F)F)N1CCC(CO)(CCc2ccccc2)CC1. The molecule has 1 aromatic rings. The number of piperidine rings is 1. The lowest BCUT2D eigenvalue weighted by Crippen LogP contribution is -2.46. The number of likely N-dealkylation sites (tertiary alicyclic amines) is 1. The molecule has 1 saturated heterocycles. The van der Waals surface area contributed by atoms with Gasteiger partial charge in [-0.15, -0.1) is 0 Å². The van der Waals surface area contributed by atoms with E-state index in [4.69, 9.17) is 0 Å². The van der Waals surface area contributed by atoms with E-state index < -0.39 is 18.6 Å². The number of nitrogens with zero attached hydrogens (tertiary/aromatic N) is 1. The van der Waals surface area contributed by atoms with Gasteiger partial charge in [-0.25, -0.2) is 0 Å². The summed E-state index contributed by atoms with van der Waals surface area (Å²) in [5, 5.41) is 9.83. The minimum atomic E-state index is -4.11. The predicted octanol–water partition coefficient (Wildman–Crippen LogP) is 4.03. The third kappa shape index (κ3) is 5.50. The average molecular weight is 329 g/mol. The number of rotatable bonds is 6. The van der Waals surface area contributed by atoms with Crippen LogP contribution in [0.1, 0.15) is 38.2 Å². The second-order valence-electron chi connectivity index (χ2n) is 6.85. The first-order chi connectivity index (χ1) is 10.8. The molecular weight excluding hydrogens is 303 g/mol. The minimum absolute atomic E-state index is 0.112. The summed E-state index contributed by atoms with van der Waals surface area (Å²) in [6.07, 6.45) is -1.56. The molecule has 1 atom stereocenters. The summed E-state index contributed by atoms with van der Waals surface area (Å²) in [6, 6.07) is 9.65. The highest BCUT2D eigenvalue weighted by atomic mass is 19.4. The van der Waals surface area contributed by atoms with Crippen LogP contribution in [0.25, 0.3) is 0 Å². The van der Waals surface area contributed by atoms with Gasteiger partial charge in [-0.3, -0.25) is 0 Å². The van der Waals surface area contributed by atoms with E-state index in [1.807, 2.05) is 23.1 Å². The molecule has 1 aromatic carbocycles. The maximum Gasteiger partial charge on any atom is 0.390 e. The highest BCUT2D eigenvalue weighted by Gasteiger charge is 2.38. The second-order valence-corrected chi connectivity index (χ2v) is 6.85. The van der Waals surface area contributed by atoms with Crippen LogP contribution in [-0.2, 0) is 6.42 Å². The standard InChI is InChI=1S/C18H26F3NO/c1-15(13-18(19,20)21)22-11-9-17(14-23,10-12-22)8-7-16-5-3-2-4-6-16/h2-6,15,23H,7-14H2,1H3. The van der Waals surface area contributed by atoms with E-state index in [-0.39, 0.29) is 12.0 Å². The van der Waals surface area contributed by atoms with Crippen molar-refractivity contribution < 1.29 is 18.3 Å². The fraction of sp³-hybridized carbons (Fsp3) is 0.667. The van der Waals surface area contributed by atoms with Crippen molar-refractivity contribution in [3.8, 4) is 0 Å². The largest absolute Gasteiger partial charge is 0.396 e. The van der Waals surface area contributed by atoms with Gasteiger partial charge in [0, 0.05) is 12.6 Å². The van der Waals surface area contributed by atoms with Crippen LogP contribution in [0.15, 0.2) is 30.3 Å². The smallest absolute Gasteiger partial charge is 0.390 e. The molecule has 1 aliphatic heterocycles. The van der Waals surface area contributed by atoms with Crippen molar-refractivity contribution in [2.24, 2.45) is 5.41 Å². The minimum Gasteiger partial charge on any atom is -0.396 e. The number of aliphatic hydroxyl groups excluding tert-OH is 1. The highest BCUT2D eigenvalue weighted by molar-refractivity contribution is 5.15. The first-order valence-corrected chi connectivity index (χ1v) is 8.29. The lowest BCUT2D eigenvalue weighted by Gasteiger charge is -2.43. The number of aryl methyl sites for hydroxylation is 1. The van der Waals surface area contributed by atoms with Crippen molar-refractivity contribution >= 4 is 0 Å². The average Bonchev–Trinajstić information content (AvgIpc) is 2.53. The summed E-state index contributed by atoms with van der Waals surface area (Å²) in [5.74, 6) is 0. The van der Waals surface area contributed by atoms with Crippen LogP contribution < -0.4 is 0 Å². The van der Waals surface area contributed by atoms with Gasteiger partial charge in [0.15, 0.2) is 0 Å². The summed E-state index contributed by atoms with van der Waals surface area (Å²) in [7, 11) is 0. The molecule has 1 fully saturated rings. The zero-order valence-electron chi connectivity index (χ0n) is 13.6. The van der Waals surface area contributed by atoms with Gasteiger partial charge in [0.2, 0.25) is 0 Å². The Morgan fingerprint density at radius 1 is 1.17 bits per heavy atom. The van der Waals surface area contributed by atoms with E-state index in [9.17, 15) is 18.3 Å². The molecule has 0 aromatic heterocycles. The molecule has 2 rings (SSSR count). The van der Waals surface area contributed by atoms with Crippen LogP contribution >= 0.6 is 0 Å².